The summed E-state index contributed by atoms with van der Waals surface area (Å²) in [6.07, 6.45) is 5.62. The highest BCUT2D eigenvalue weighted by molar-refractivity contribution is 9.10. The lowest BCUT2D eigenvalue weighted by atomic mass is 10.1. The van der Waals surface area contributed by atoms with Crippen molar-refractivity contribution in [1.29, 1.82) is 0 Å². The highest BCUT2D eigenvalue weighted by atomic mass is 79.9. The SMILES string of the molecule is Brc1ccc2c(c1)c1nccn1c1cccnc21. The zero-order valence-corrected chi connectivity index (χ0v) is 10.9. The van der Waals surface area contributed by atoms with Crippen molar-refractivity contribution in [1.82, 2.24) is 14.4 Å². The predicted octanol–water partition coefficient (Wildman–Crippen LogP) is 3.80. The van der Waals surface area contributed by atoms with Crippen molar-refractivity contribution in [3.63, 3.8) is 0 Å². The first-order valence-corrected chi connectivity index (χ1v) is 6.43. The number of aromatic nitrogens is 3. The third kappa shape index (κ3) is 1.24. The molecule has 0 aliphatic heterocycles. The van der Waals surface area contributed by atoms with Crippen LogP contribution in [0.2, 0.25) is 0 Å². The third-order valence-corrected chi connectivity index (χ3v) is 3.66. The number of hydrogen-bond acceptors (Lipinski definition) is 2. The van der Waals surface area contributed by atoms with Gasteiger partial charge in [-0.25, -0.2) is 4.98 Å². The van der Waals surface area contributed by atoms with E-state index < -0.39 is 0 Å². The Hall–Kier alpha value is -1.94. The van der Waals surface area contributed by atoms with Gasteiger partial charge in [0.25, 0.3) is 0 Å². The number of pyridine rings is 2. The smallest absolute Gasteiger partial charge is 0.145 e. The van der Waals surface area contributed by atoms with E-state index in [2.05, 4.69) is 48.5 Å². The van der Waals surface area contributed by atoms with E-state index in [1.165, 1.54) is 0 Å². The quantitative estimate of drug-likeness (QED) is 0.462. The van der Waals surface area contributed by atoms with Gasteiger partial charge in [0.15, 0.2) is 0 Å². The topological polar surface area (TPSA) is 30.2 Å². The number of rotatable bonds is 0. The number of hydrogen-bond donors (Lipinski definition) is 0. The second-order valence-electron chi connectivity index (χ2n) is 4.18. The molecule has 4 aromatic rings. The van der Waals surface area contributed by atoms with Crippen LogP contribution in [0.3, 0.4) is 0 Å². The molecule has 0 unspecified atom stereocenters. The van der Waals surface area contributed by atoms with Crippen LogP contribution in [-0.2, 0) is 0 Å². The van der Waals surface area contributed by atoms with Crippen LogP contribution in [0.15, 0.2) is 53.4 Å². The Balaban J connectivity index is 2.44. The molecule has 3 nitrogen and oxygen atoms in total. The van der Waals surface area contributed by atoms with Gasteiger partial charge in [-0.05, 0) is 24.3 Å². The third-order valence-electron chi connectivity index (χ3n) is 3.16. The maximum Gasteiger partial charge on any atom is 0.145 e. The normalized spacial score (nSPS) is 11.6. The summed E-state index contributed by atoms with van der Waals surface area (Å²) < 4.78 is 3.13. The highest BCUT2D eigenvalue weighted by Crippen LogP contribution is 2.29. The van der Waals surface area contributed by atoms with Crippen LogP contribution in [0.5, 0.6) is 0 Å². The Morgan fingerprint density at radius 1 is 1.00 bits per heavy atom. The summed E-state index contributed by atoms with van der Waals surface area (Å²) in [7, 11) is 0. The fourth-order valence-electron chi connectivity index (χ4n) is 2.40. The van der Waals surface area contributed by atoms with Gasteiger partial charge < -0.3 is 0 Å². The molecule has 0 aliphatic rings. The number of imidazole rings is 1. The summed E-state index contributed by atoms with van der Waals surface area (Å²) in [5.41, 5.74) is 3.05. The van der Waals surface area contributed by atoms with Gasteiger partial charge in [-0.2, -0.15) is 0 Å². The minimum Gasteiger partial charge on any atom is -0.298 e. The van der Waals surface area contributed by atoms with Gasteiger partial charge >= 0.3 is 0 Å². The Morgan fingerprint density at radius 3 is 2.89 bits per heavy atom. The van der Waals surface area contributed by atoms with Gasteiger partial charge in [0.05, 0.1) is 11.0 Å². The molecular weight excluding hydrogens is 290 g/mol. The molecule has 4 heteroatoms. The van der Waals surface area contributed by atoms with Crippen molar-refractivity contribution in [3.05, 3.63) is 53.4 Å². The van der Waals surface area contributed by atoms with Crippen molar-refractivity contribution >= 4 is 43.4 Å². The Kier molecular flexibility index (Phi) is 1.96. The van der Waals surface area contributed by atoms with Crippen LogP contribution in [0.4, 0.5) is 0 Å². The predicted molar refractivity (Wildman–Crippen MR) is 75.7 cm³/mol. The number of fused-ring (bicyclic) bond motifs is 6. The van der Waals surface area contributed by atoms with Crippen LogP contribution in [0.1, 0.15) is 0 Å². The molecule has 0 saturated carbocycles. The number of benzene rings is 1. The first-order valence-electron chi connectivity index (χ1n) is 5.63. The monoisotopic (exact) mass is 297 g/mol. The first kappa shape index (κ1) is 10.0. The Morgan fingerprint density at radius 2 is 1.94 bits per heavy atom. The van der Waals surface area contributed by atoms with E-state index in [1.807, 2.05) is 30.7 Å². The average Bonchev–Trinajstić information content (AvgIpc) is 2.88. The van der Waals surface area contributed by atoms with Crippen LogP contribution >= 0.6 is 15.9 Å². The molecular formula is C14H8BrN3. The molecule has 86 valence electrons. The van der Waals surface area contributed by atoms with E-state index in [1.54, 1.807) is 0 Å². The molecule has 0 radical (unpaired) electrons. The van der Waals surface area contributed by atoms with Crippen LogP contribution in [-0.4, -0.2) is 14.4 Å². The van der Waals surface area contributed by atoms with Gasteiger partial charge in [0, 0.05) is 33.8 Å². The number of nitrogens with zero attached hydrogens (tertiary/aromatic N) is 3. The molecule has 0 aliphatic carbocycles. The largest absolute Gasteiger partial charge is 0.298 e. The second-order valence-corrected chi connectivity index (χ2v) is 5.10. The summed E-state index contributed by atoms with van der Waals surface area (Å²) in [5.74, 6) is 0. The summed E-state index contributed by atoms with van der Waals surface area (Å²) >= 11 is 3.51. The van der Waals surface area contributed by atoms with Crippen LogP contribution in [0, 0.1) is 0 Å². The fourth-order valence-corrected chi connectivity index (χ4v) is 2.76. The van der Waals surface area contributed by atoms with Crippen LogP contribution in [0.25, 0.3) is 27.5 Å². The van der Waals surface area contributed by atoms with Gasteiger partial charge in [0.1, 0.15) is 5.65 Å². The molecule has 0 N–H and O–H groups in total. The van der Waals surface area contributed by atoms with E-state index >= 15 is 0 Å². The zero-order chi connectivity index (χ0) is 12.1. The van der Waals surface area contributed by atoms with Crippen molar-refractivity contribution in [2.75, 3.05) is 0 Å². The minimum absolute atomic E-state index is 0.965. The van der Waals surface area contributed by atoms with Crippen LogP contribution < -0.4 is 0 Å². The van der Waals surface area contributed by atoms with E-state index in [0.717, 1.165) is 31.9 Å². The lowest BCUT2D eigenvalue weighted by Crippen LogP contribution is -1.91. The first-order chi connectivity index (χ1) is 8.84. The molecule has 3 heterocycles. The minimum atomic E-state index is 0.965. The molecule has 4 rings (SSSR count). The summed E-state index contributed by atoms with van der Waals surface area (Å²) in [4.78, 5) is 8.96. The fraction of sp³-hybridized carbons (Fsp3) is 0. The van der Waals surface area contributed by atoms with Gasteiger partial charge in [-0.1, -0.05) is 22.0 Å². The molecule has 1 aromatic carbocycles. The molecule has 18 heavy (non-hydrogen) atoms. The highest BCUT2D eigenvalue weighted by Gasteiger charge is 2.09. The Bertz CT molecular complexity index is 895. The van der Waals surface area contributed by atoms with Crippen molar-refractivity contribution in [2.45, 2.75) is 0 Å². The molecule has 0 fully saturated rings. The molecule has 0 amide bonds. The molecule has 3 aromatic heterocycles. The maximum absolute atomic E-state index is 4.50. The van der Waals surface area contributed by atoms with Crippen molar-refractivity contribution in [2.24, 2.45) is 0 Å². The molecule has 0 bridgehead atoms. The number of halogens is 1. The lowest BCUT2D eigenvalue weighted by molar-refractivity contribution is 1.25. The molecule has 0 atom stereocenters. The molecule has 0 spiro atoms. The van der Waals surface area contributed by atoms with E-state index in [4.69, 9.17) is 0 Å². The van der Waals surface area contributed by atoms with Crippen molar-refractivity contribution < 1.29 is 0 Å². The van der Waals surface area contributed by atoms with Gasteiger partial charge in [0.2, 0.25) is 0 Å². The summed E-state index contributed by atoms with van der Waals surface area (Å²) in [6.45, 7) is 0. The lowest BCUT2D eigenvalue weighted by Gasteiger charge is -2.07. The zero-order valence-electron chi connectivity index (χ0n) is 9.34. The van der Waals surface area contributed by atoms with E-state index in [-0.39, 0.29) is 0 Å². The van der Waals surface area contributed by atoms with E-state index in [0.29, 0.717) is 0 Å². The Labute approximate surface area is 111 Å². The van der Waals surface area contributed by atoms with Gasteiger partial charge in [-0.15, -0.1) is 0 Å². The second kappa shape index (κ2) is 3.53. The van der Waals surface area contributed by atoms with Gasteiger partial charge in [-0.3, -0.25) is 9.38 Å². The van der Waals surface area contributed by atoms with Crippen molar-refractivity contribution in [3.8, 4) is 0 Å². The standard InChI is InChI=1S/C14H8BrN3/c15-9-3-4-10-11(8-9)14-17-6-7-18(14)12-2-1-5-16-13(10)12/h1-8H. The van der Waals surface area contributed by atoms with E-state index in [9.17, 15) is 0 Å². The maximum atomic E-state index is 4.50. The summed E-state index contributed by atoms with van der Waals surface area (Å²) in [5, 5.41) is 2.24. The average molecular weight is 298 g/mol. The molecule has 0 saturated heterocycles. The summed E-state index contributed by atoms with van der Waals surface area (Å²) in [6, 6.07) is 10.2.